The summed E-state index contributed by atoms with van der Waals surface area (Å²) in [5, 5.41) is 9.73. The molecule has 2 aromatic rings. The van der Waals surface area contributed by atoms with E-state index in [1.165, 1.54) is 7.11 Å². The van der Waals surface area contributed by atoms with Crippen molar-refractivity contribution in [3.63, 3.8) is 0 Å². The van der Waals surface area contributed by atoms with Crippen LogP contribution in [0.15, 0.2) is 16.8 Å². The summed E-state index contributed by atoms with van der Waals surface area (Å²) < 4.78 is 10.0. The average Bonchev–Trinajstić information content (AvgIpc) is 2.96. The van der Waals surface area contributed by atoms with E-state index < -0.39 is 0 Å². The Morgan fingerprint density at radius 2 is 2.00 bits per heavy atom. The zero-order valence-electron chi connectivity index (χ0n) is 10.9. The number of ether oxygens (including phenoxy) is 1. The SMILES string of the molecule is CCCNc1nc(NCc2ccno2)nc(OC)n1. The minimum atomic E-state index is 0.258. The second-order valence-electron chi connectivity index (χ2n) is 3.73. The van der Waals surface area contributed by atoms with Crippen LogP contribution in [0, 0.1) is 0 Å². The van der Waals surface area contributed by atoms with Gasteiger partial charge in [-0.2, -0.15) is 15.0 Å². The van der Waals surface area contributed by atoms with Crippen LogP contribution >= 0.6 is 0 Å². The molecule has 0 aliphatic heterocycles. The van der Waals surface area contributed by atoms with Crippen LogP contribution in [-0.4, -0.2) is 33.8 Å². The first-order chi connectivity index (χ1) is 9.31. The van der Waals surface area contributed by atoms with Gasteiger partial charge in [-0.1, -0.05) is 12.1 Å². The van der Waals surface area contributed by atoms with Crippen LogP contribution in [-0.2, 0) is 6.54 Å². The Kier molecular flexibility index (Phi) is 4.49. The van der Waals surface area contributed by atoms with Gasteiger partial charge in [0.25, 0.3) is 0 Å². The van der Waals surface area contributed by atoms with E-state index in [4.69, 9.17) is 9.26 Å². The lowest BCUT2D eigenvalue weighted by atomic mass is 10.4. The lowest BCUT2D eigenvalue weighted by Crippen LogP contribution is -2.10. The predicted molar refractivity (Wildman–Crippen MR) is 69.0 cm³/mol. The van der Waals surface area contributed by atoms with Crippen molar-refractivity contribution >= 4 is 11.9 Å². The maximum absolute atomic E-state index is 5.03. The minimum Gasteiger partial charge on any atom is -0.467 e. The van der Waals surface area contributed by atoms with Gasteiger partial charge >= 0.3 is 6.01 Å². The molecule has 0 saturated carbocycles. The topological polar surface area (TPSA) is 98.0 Å². The molecule has 0 fully saturated rings. The summed E-state index contributed by atoms with van der Waals surface area (Å²) in [5.74, 6) is 1.60. The molecule has 0 saturated heterocycles. The molecule has 0 unspecified atom stereocenters. The number of nitrogens with zero attached hydrogens (tertiary/aromatic N) is 4. The van der Waals surface area contributed by atoms with Gasteiger partial charge in [0, 0.05) is 12.6 Å². The smallest absolute Gasteiger partial charge is 0.322 e. The minimum absolute atomic E-state index is 0.258. The molecule has 2 N–H and O–H groups in total. The van der Waals surface area contributed by atoms with Crippen LogP contribution in [0.2, 0.25) is 0 Å². The van der Waals surface area contributed by atoms with Gasteiger partial charge in [0.1, 0.15) is 0 Å². The third kappa shape index (κ3) is 3.80. The van der Waals surface area contributed by atoms with Crippen molar-refractivity contribution in [1.29, 1.82) is 0 Å². The first-order valence-electron chi connectivity index (χ1n) is 5.99. The highest BCUT2D eigenvalue weighted by molar-refractivity contribution is 5.35. The second kappa shape index (κ2) is 6.53. The molecule has 2 rings (SSSR count). The summed E-state index contributed by atoms with van der Waals surface area (Å²) in [4.78, 5) is 12.4. The summed E-state index contributed by atoms with van der Waals surface area (Å²) in [5.41, 5.74) is 0. The van der Waals surface area contributed by atoms with Gasteiger partial charge in [-0.25, -0.2) is 0 Å². The second-order valence-corrected chi connectivity index (χ2v) is 3.73. The van der Waals surface area contributed by atoms with Crippen molar-refractivity contribution in [1.82, 2.24) is 20.1 Å². The molecule has 102 valence electrons. The number of nitrogens with one attached hydrogen (secondary N) is 2. The van der Waals surface area contributed by atoms with E-state index in [9.17, 15) is 0 Å². The Bertz CT molecular complexity index is 502. The third-order valence-electron chi connectivity index (χ3n) is 2.24. The van der Waals surface area contributed by atoms with Gasteiger partial charge < -0.3 is 19.9 Å². The molecule has 8 nitrogen and oxygen atoms in total. The fourth-order valence-electron chi connectivity index (χ4n) is 1.34. The Morgan fingerprint density at radius 3 is 2.63 bits per heavy atom. The molecule has 0 radical (unpaired) electrons. The maximum atomic E-state index is 5.03. The van der Waals surface area contributed by atoms with Crippen LogP contribution in [0.1, 0.15) is 19.1 Å². The highest BCUT2D eigenvalue weighted by atomic mass is 16.5. The van der Waals surface area contributed by atoms with Gasteiger partial charge in [0.05, 0.1) is 19.9 Å². The first kappa shape index (κ1) is 13.1. The predicted octanol–water partition coefficient (Wildman–Crippen LogP) is 1.30. The van der Waals surface area contributed by atoms with E-state index in [0.717, 1.165) is 13.0 Å². The zero-order valence-corrected chi connectivity index (χ0v) is 10.9. The molecule has 0 aliphatic rings. The van der Waals surface area contributed by atoms with Crippen molar-refractivity contribution in [3.8, 4) is 6.01 Å². The molecule has 0 spiro atoms. The van der Waals surface area contributed by atoms with E-state index in [2.05, 4.69) is 37.7 Å². The van der Waals surface area contributed by atoms with Gasteiger partial charge in [0.2, 0.25) is 11.9 Å². The van der Waals surface area contributed by atoms with Gasteiger partial charge in [0.15, 0.2) is 5.76 Å². The standard InChI is InChI=1S/C11H16N6O2/c1-3-5-12-9-15-10(17-11(16-9)18-2)13-7-8-4-6-14-19-8/h4,6H,3,5,7H2,1-2H3,(H2,12,13,15,16,17). The molecule has 0 aromatic carbocycles. The summed E-state index contributed by atoms with van der Waals surface area (Å²) in [6, 6.07) is 2.02. The number of hydrogen-bond donors (Lipinski definition) is 2. The van der Waals surface area contributed by atoms with Crippen molar-refractivity contribution in [2.45, 2.75) is 19.9 Å². The molecule has 2 aromatic heterocycles. The van der Waals surface area contributed by atoms with Crippen molar-refractivity contribution in [2.75, 3.05) is 24.3 Å². The summed E-state index contributed by atoms with van der Waals surface area (Å²) in [7, 11) is 1.51. The van der Waals surface area contributed by atoms with E-state index in [0.29, 0.717) is 24.2 Å². The monoisotopic (exact) mass is 264 g/mol. The fourth-order valence-corrected chi connectivity index (χ4v) is 1.34. The number of rotatable bonds is 7. The summed E-state index contributed by atoms with van der Waals surface area (Å²) >= 11 is 0. The Morgan fingerprint density at radius 1 is 1.21 bits per heavy atom. The molecule has 8 heteroatoms. The molecule has 0 aliphatic carbocycles. The summed E-state index contributed by atoms with van der Waals surface area (Å²) in [6.07, 6.45) is 2.56. The normalized spacial score (nSPS) is 10.2. The van der Waals surface area contributed by atoms with Crippen molar-refractivity contribution in [3.05, 3.63) is 18.0 Å². The first-order valence-corrected chi connectivity index (χ1v) is 5.99. The highest BCUT2D eigenvalue weighted by Crippen LogP contribution is 2.11. The summed E-state index contributed by atoms with van der Waals surface area (Å²) in [6.45, 7) is 3.30. The van der Waals surface area contributed by atoms with Gasteiger partial charge in [-0.05, 0) is 6.42 Å². The van der Waals surface area contributed by atoms with E-state index in [1.807, 2.05) is 0 Å². The molecule has 0 amide bonds. The molecule has 0 atom stereocenters. The van der Waals surface area contributed by atoms with Gasteiger partial charge in [-0.3, -0.25) is 0 Å². The quantitative estimate of drug-likeness (QED) is 0.772. The van der Waals surface area contributed by atoms with E-state index >= 15 is 0 Å². The van der Waals surface area contributed by atoms with Crippen LogP contribution in [0.5, 0.6) is 6.01 Å². The van der Waals surface area contributed by atoms with E-state index in [-0.39, 0.29) is 6.01 Å². The molecular weight excluding hydrogens is 248 g/mol. The number of anilines is 2. The highest BCUT2D eigenvalue weighted by Gasteiger charge is 2.07. The third-order valence-corrected chi connectivity index (χ3v) is 2.24. The maximum Gasteiger partial charge on any atom is 0.322 e. The molecule has 19 heavy (non-hydrogen) atoms. The Labute approximate surface area is 110 Å². The Hall–Kier alpha value is -2.38. The number of aromatic nitrogens is 4. The number of hydrogen-bond acceptors (Lipinski definition) is 8. The average molecular weight is 264 g/mol. The zero-order chi connectivity index (χ0) is 13.5. The largest absolute Gasteiger partial charge is 0.467 e. The molecular formula is C11H16N6O2. The molecule has 0 bridgehead atoms. The van der Waals surface area contributed by atoms with Crippen LogP contribution in [0.4, 0.5) is 11.9 Å². The molecule has 2 heterocycles. The van der Waals surface area contributed by atoms with Gasteiger partial charge in [-0.15, -0.1) is 0 Å². The fraction of sp³-hybridized carbons (Fsp3) is 0.455. The Balaban J connectivity index is 2.05. The van der Waals surface area contributed by atoms with Crippen LogP contribution in [0.25, 0.3) is 0 Å². The number of methoxy groups -OCH3 is 1. The van der Waals surface area contributed by atoms with Crippen molar-refractivity contribution in [2.24, 2.45) is 0 Å². The van der Waals surface area contributed by atoms with Crippen LogP contribution < -0.4 is 15.4 Å². The lowest BCUT2D eigenvalue weighted by Gasteiger charge is -2.07. The van der Waals surface area contributed by atoms with Crippen LogP contribution in [0.3, 0.4) is 0 Å². The van der Waals surface area contributed by atoms with E-state index in [1.54, 1.807) is 12.3 Å². The van der Waals surface area contributed by atoms with Crippen molar-refractivity contribution < 1.29 is 9.26 Å². The lowest BCUT2D eigenvalue weighted by molar-refractivity contribution is 0.378.